The summed E-state index contributed by atoms with van der Waals surface area (Å²) in [5.41, 5.74) is 0.218. The molecule has 0 aliphatic carbocycles. The first-order valence-corrected chi connectivity index (χ1v) is 6.32. The van der Waals surface area contributed by atoms with Crippen LogP contribution in [-0.4, -0.2) is 62.5 Å². The van der Waals surface area contributed by atoms with Gasteiger partial charge in [-0.05, 0) is 18.2 Å². The Hall–Kier alpha value is -1.79. The van der Waals surface area contributed by atoms with Crippen molar-refractivity contribution >= 4 is 5.91 Å². The molecule has 1 heterocycles. The normalized spacial score (nSPS) is 22.1. The van der Waals surface area contributed by atoms with E-state index in [0.717, 1.165) is 0 Å². The van der Waals surface area contributed by atoms with Crippen molar-refractivity contribution in [2.24, 2.45) is 0 Å². The van der Waals surface area contributed by atoms with Crippen molar-refractivity contribution in [3.63, 3.8) is 0 Å². The van der Waals surface area contributed by atoms with Crippen LogP contribution < -0.4 is 4.74 Å². The van der Waals surface area contributed by atoms with Crippen LogP contribution in [0.15, 0.2) is 18.2 Å². The van der Waals surface area contributed by atoms with Crippen LogP contribution in [0.25, 0.3) is 0 Å². The monoisotopic (exact) mass is 281 g/mol. The van der Waals surface area contributed by atoms with Crippen molar-refractivity contribution in [3.8, 4) is 11.5 Å². The lowest BCUT2D eigenvalue weighted by Gasteiger charge is -2.17. The minimum Gasteiger partial charge on any atom is -0.507 e. The Labute approximate surface area is 117 Å². The zero-order valence-corrected chi connectivity index (χ0v) is 11.8. The maximum Gasteiger partial charge on any atom is 0.257 e. The number of carbonyl (C=O) groups excluding carboxylic acids is 1. The first kappa shape index (κ1) is 14.6. The minimum absolute atomic E-state index is 0.0642. The summed E-state index contributed by atoms with van der Waals surface area (Å²) in [6.07, 6.45) is -0.312. The second-order valence-electron chi connectivity index (χ2n) is 4.64. The van der Waals surface area contributed by atoms with E-state index in [4.69, 9.17) is 14.2 Å². The smallest absolute Gasteiger partial charge is 0.257 e. The maximum atomic E-state index is 12.5. The third kappa shape index (κ3) is 2.71. The average Bonchev–Trinajstić information content (AvgIpc) is 2.90. The molecule has 20 heavy (non-hydrogen) atoms. The van der Waals surface area contributed by atoms with Crippen LogP contribution in [0.2, 0.25) is 0 Å². The molecule has 0 bridgehead atoms. The zero-order valence-electron chi connectivity index (χ0n) is 11.8. The van der Waals surface area contributed by atoms with Crippen molar-refractivity contribution in [3.05, 3.63) is 23.8 Å². The highest BCUT2D eigenvalue weighted by atomic mass is 16.5. The molecule has 1 saturated heterocycles. The van der Waals surface area contributed by atoms with Gasteiger partial charge in [0.05, 0.1) is 12.7 Å². The number of likely N-dealkylation sites (tertiary alicyclic amines) is 1. The molecular weight excluding hydrogens is 262 g/mol. The van der Waals surface area contributed by atoms with E-state index in [1.165, 1.54) is 19.2 Å². The number of amides is 1. The second-order valence-corrected chi connectivity index (χ2v) is 4.64. The van der Waals surface area contributed by atoms with Gasteiger partial charge in [0, 0.05) is 27.3 Å². The molecule has 6 nitrogen and oxygen atoms in total. The Kier molecular flexibility index (Phi) is 4.46. The van der Waals surface area contributed by atoms with Gasteiger partial charge in [-0.1, -0.05) is 0 Å². The number of rotatable bonds is 4. The van der Waals surface area contributed by atoms with E-state index in [1.807, 2.05) is 0 Å². The molecule has 0 saturated carbocycles. The Morgan fingerprint density at radius 1 is 1.20 bits per heavy atom. The molecular formula is C14H19NO5. The summed E-state index contributed by atoms with van der Waals surface area (Å²) in [6.45, 7) is 0.870. The molecule has 1 aliphatic heterocycles. The van der Waals surface area contributed by atoms with Crippen LogP contribution in [-0.2, 0) is 9.47 Å². The highest BCUT2D eigenvalue weighted by molar-refractivity contribution is 5.97. The summed E-state index contributed by atoms with van der Waals surface area (Å²) in [7, 11) is 4.69. The average molecular weight is 281 g/mol. The molecule has 2 unspecified atom stereocenters. The summed E-state index contributed by atoms with van der Waals surface area (Å²) in [5, 5.41) is 9.84. The molecule has 0 aromatic heterocycles. The van der Waals surface area contributed by atoms with Crippen LogP contribution in [0.1, 0.15) is 10.4 Å². The fourth-order valence-corrected chi connectivity index (χ4v) is 2.35. The SMILES string of the molecule is COc1ccc(O)c(C(=O)N2CC(OC)C(OC)C2)c1. The number of nitrogens with zero attached hydrogens (tertiary/aromatic N) is 1. The number of hydrogen-bond donors (Lipinski definition) is 1. The van der Waals surface area contributed by atoms with Gasteiger partial charge in [0.1, 0.15) is 23.7 Å². The number of ether oxygens (including phenoxy) is 3. The summed E-state index contributed by atoms with van der Waals surface area (Å²) < 4.78 is 15.7. The number of phenols is 1. The Bertz CT molecular complexity index is 478. The molecule has 6 heteroatoms. The van der Waals surface area contributed by atoms with Crippen molar-refractivity contribution in [1.82, 2.24) is 4.90 Å². The molecule has 1 aromatic rings. The van der Waals surface area contributed by atoms with E-state index in [2.05, 4.69) is 0 Å². The van der Waals surface area contributed by atoms with Gasteiger partial charge in [-0.3, -0.25) is 4.79 Å². The lowest BCUT2D eigenvalue weighted by atomic mass is 10.1. The minimum atomic E-state index is -0.261. The molecule has 110 valence electrons. The fourth-order valence-electron chi connectivity index (χ4n) is 2.35. The number of carbonyl (C=O) groups is 1. The van der Waals surface area contributed by atoms with E-state index in [0.29, 0.717) is 18.8 Å². The van der Waals surface area contributed by atoms with Gasteiger partial charge in [0.25, 0.3) is 5.91 Å². The van der Waals surface area contributed by atoms with E-state index in [-0.39, 0.29) is 29.4 Å². The van der Waals surface area contributed by atoms with E-state index < -0.39 is 0 Å². The summed E-state index contributed by atoms with van der Waals surface area (Å²) in [6, 6.07) is 4.58. The summed E-state index contributed by atoms with van der Waals surface area (Å²) in [4.78, 5) is 14.1. The van der Waals surface area contributed by atoms with Crippen LogP contribution in [0.3, 0.4) is 0 Å². The van der Waals surface area contributed by atoms with Crippen LogP contribution in [0.5, 0.6) is 11.5 Å². The van der Waals surface area contributed by atoms with E-state index in [9.17, 15) is 9.90 Å². The summed E-state index contributed by atoms with van der Waals surface area (Å²) in [5.74, 6) is 0.200. The van der Waals surface area contributed by atoms with Gasteiger partial charge in [-0.2, -0.15) is 0 Å². The van der Waals surface area contributed by atoms with Gasteiger partial charge in [0.2, 0.25) is 0 Å². The number of hydrogen-bond acceptors (Lipinski definition) is 5. The Morgan fingerprint density at radius 2 is 1.80 bits per heavy atom. The van der Waals surface area contributed by atoms with Gasteiger partial charge < -0.3 is 24.2 Å². The lowest BCUT2D eigenvalue weighted by Crippen LogP contribution is -2.30. The second kappa shape index (κ2) is 6.11. The van der Waals surface area contributed by atoms with Crippen molar-refractivity contribution in [1.29, 1.82) is 0 Å². The van der Waals surface area contributed by atoms with Crippen molar-refractivity contribution in [2.45, 2.75) is 12.2 Å². The third-order valence-corrected chi connectivity index (χ3v) is 3.54. The van der Waals surface area contributed by atoms with Crippen LogP contribution >= 0.6 is 0 Å². The predicted octanol–water partition coefficient (Wildman–Crippen LogP) is 0.887. The quantitative estimate of drug-likeness (QED) is 0.887. The molecule has 0 spiro atoms. The largest absolute Gasteiger partial charge is 0.507 e. The van der Waals surface area contributed by atoms with Crippen LogP contribution in [0.4, 0.5) is 0 Å². The standard InChI is InChI=1S/C14H19NO5/c1-18-9-4-5-11(16)10(6-9)14(17)15-7-12(19-2)13(8-15)20-3/h4-6,12-13,16H,7-8H2,1-3H3. The van der Waals surface area contributed by atoms with Gasteiger partial charge >= 0.3 is 0 Å². The van der Waals surface area contributed by atoms with E-state index >= 15 is 0 Å². The van der Waals surface area contributed by atoms with Crippen molar-refractivity contribution in [2.75, 3.05) is 34.4 Å². The van der Waals surface area contributed by atoms with Gasteiger partial charge in [-0.25, -0.2) is 0 Å². The fraction of sp³-hybridized carbons (Fsp3) is 0.500. The lowest BCUT2D eigenvalue weighted by molar-refractivity contribution is -0.00461. The zero-order chi connectivity index (χ0) is 14.7. The molecule has 2 atom stereocenters. The molecule has 1 fully saturated rings. The van der Waals surface area contributed by atoms with E-state index in [1.54, 1.807) is 25.2 Å². The molecule has 1 aromatic carbocycles. The summed E-state index contributed by atoms with van der Waals surface area (Å²) >= 11 is 0. The third-order valence-electron chi connectivity index (χ3n) is 3.54. The van der Waals surface area contributed by atoms with Crippen LogP contribution in [0, 0.1) is 0 Å². The Morgan fingerprint density at radius 3 is 2.30 bits per heavy atom. The maximum absolute atomic E-state index is 12.5. The molecule has 0 radical (unpaired) electrons. The molecule has 1 aliphatic rings. The first-order chi connectivity index (χ1) is 9.60. The first-order valence-electron chi connectivity index (χ1n) is 6.32. The number of methoxy groups -OCH3 is 3. The number of benzene rings is 1. The molecule has 2 rings (SSSR count). The van der Waals surface area contributed by atoms with Gasteiger partial charge in [0.15, 0.2) is 0 Å². The number of aromatic hydroxyl groups is 1. The topological polar surface area (TPSA) is 68.2 Å². The van der Waals surface area contributed by atoms with Gasteiger partial charge in [-0.15, -0.1) is 0 Å². The highest BCUT2D eigenvalue weighted by Crippen LogP contribution is 2.26. The Balaban J connectivity index is 2.20. The van der Waals surface area contributed by atoms with Crippen molar-refractivity contribution < 1.29 is 24.1 Å². The predicted molar refractivity (Wildman–Crippen MR) is 72.2 cm³/mol. The molecule has 1 N–H and O–H groups in total. The highest BCUT2D eigenvalue weighted by Gasteiger charge is 2.36. The molecule has 1 amide bonds. The number of phenolic OH excluding ortho intramolecular Hbond substituents is 1.